The Morgan fingerprint density at radius 3 is 2.44 bits per heavy atom. The summed E-state index contributed by atoms with van der Waals surface area (Å²) in [5.74, 6) is -2.13. The van der Waals surface area contributed by atoms with Gasteiger partial charge in [0.15, 0.2) is 0 Å². The molecule has 170 valence electrons. The largest absolute Gasteiger partial charge is 0.497 e. The normalized spacial score (nSPS) is 17.8. The monoisotopic (exact) mass is 475 g/mol. The molecule has 1 aliphatic heterocycles. The molecular weight excluding hydrogens is 458 g/mol. The Morgan fingerprint density at radius 2 is 1.76 bits per heavy atom. The van der Waals surface area contributed by atoms with Gasteiger partial charge in [-0.3, -0.25) is 10.1 Å². The van der Waals surface area contributed by atoms with Crippen LogP contribution in [0.5, 0.6) is 5.75 Å². The van der Waals surface area contributed by atoms with Crippen molar-refractivity contribution in [2.75, 3.05) is 7.11 Å². The van der Waals surface area contributed by atoms with Gasteiger partial charge in [0.2, 0.25) is 0 Å². The highest BCUT2D eigenvalue weighted by molar-refractivity contribution is 7.00. The van der Waals surface area contributed by atoms with Crippen LogP contribution in [0.25, 0.3) is 16.6 Å². The summed E-state index contributed by atoms with van der Waals surface area (Å²) in [5.41, 5.74) is 3.35. The number of hydrogen-bond donors (Lipinski definition) is 1. The number of esters is 1. The second kappa shape index (κ2) is 8.32. The van der Waals surface area contributed by atoms with E-state index >= 15 is 0 Å². The average molecular weight is 475 g/mol. The number of carbonyl (C=O) groups is 1. The lowest BCUT2D eigenvalue weighted by molar-refractivity contribution is -0.384. The van der Waals surface area contributed by atoms with E-state index in [1.54, 1.807) is 54.6 Å². The van der Waals surface area contributed by atoms with Crippen LogP contribution in [0.15, 0.2) is 72.3 Å². The fourth-order valence-electron chi connectivity index (χ4n) is 3.97. The first-order valence-electron chi connectivity index (χ1n) is 10.2. The summed E-state index contributed by atoms with van der Waals surface area (Å²) in [6.45, 7) is 0. The maximum absolute atomic E-state index is 13.1. The van der Waals surface area contributed by atoms with E-state index in [4.69, 9.17) is 9.47 Å². The van der Waals surface area contributed by atoms with Gasteiger partial charge in [-0.2, -0.15) is 8.75 Å². The molecule has 0 bridgehead atoms. The van der Waals surface area contributed by atoms with Crippen molar-refractivity contribution >= 4 is 40.0 Å². The first-order chi connectivity index (χ1) is 16.4. The van der Waals surface area contributed by atoms with Gasteiger partial charge >= 0.3 is 5.97 Å². The van der Waals surface area contributed by atoms with Gasteiger partial charge in [0.1, 0.15) is 16.8 Å². The maximum atomic E-state index is 13.1. The Bertz CT molecular complexity index is 1450. The molecule has 0 amide bonds. The van der Waals surface area contributed by atoms with Crippen molar-refractivity contribution in [3.63, 3.8) is 0 Å². The van der Waals surface area contributed by atoms with Gasteiger partial charge < -0.3 is 14.6 Å². The summed E-state index contributed by atoms with van der Waals surface area (Å²) >= 11 is 1.06. The summed E-state index contributed by atoms with van der Waals surface area (Å²) in [4.78, 5) is 23.7. The summed E-state index contributed by atoms with van der Waals surface area (Å²) in [6.07, 6.45) is 0.120. The van der Waals surface area contributed by atoms with Crippen molar-refractivity contribution in [2.45, 2.75) is 12.2 Å². The molecule has 1 aromatic heterocycles. The Hall–Kier alpha value is -4.15. The molecule has 34 heavy (non-hydrogen) atoms. The summed E-state index contributed by atoms with van der Waals surface area (Å²) in [7, 11) is 1.53. The van der Waals surface area contributed by atoms with Crippen molar-refractivity contribution in [1.82, 2.24) is 8.75 Å². The van der Waals surface area contributed by atoms with E-state index in [-0.39, 0.29) is 17.7 Å². The number of fused-ring (bicyclic) bond motifs is 1. The van der Waals surface area contributed by atoms with Crippen LogP contribution < -0.4 is 4.74 Å². The fourth-order valence-corrected chi connectivity index (χ4v) is 4.48. The number of rotatable bonds is 6. The van der Waals surface area contributed by atoms with E-state index in [1.165, 1.54) is 19.2 Å². The first kappa shape index (κ1) is 21.7. The van der Waals surface area contributed by atoms with E-state index in [0.717, 1.165) is 11.7 Å². The van der Waals surface area contributed by atoms with Gasteiger partial charge in [-0.05, 0) is 47.5 Å². The van der Waals surface area contributed by atoms with Crippen molar-refractivity contribution in [2.24, 2.45) is 0 Å². The van der Waals surface area contributed by atoms with E-state index < -0.39 is 16.7 Å². The number of benzene rings is 3. The number of cyclic esters (lactones) is 1. The van der Waals surface area contributed by atoms with E-state index in [2.05, 4.69) is 8.75 Å². The Kier molecular flexibility index (Phi) is 5.31. The quantitative estimate of drug-likeness (QED) is 0.252. The zero-order valence-corrected chi connectivity index (χ0v) is 18.6. The second-order valence-electron chi connectivity index (χ2n) is 7.68. The van der Waals surface area contributed by atoms with Crippen molar-refractivity contribution in [1.29, 1.82) is 0 Å². The number of methoxy groups -OCH3 is 1. The van der Waals surface area contributed by atoms with Gasteiger partial charge in [0, 0.05) is 29.7 Å². The highest BCUT2D eigenvalue weighted by Gasteiger charge is 2.48. The fraction of sp³-hybridized carbons (Fsp3) is 0.125. The third-order valence-electron chi connectivity index (χ3n) is 5.71. The minimum Gasteiger partial charge on any atom is -0.497 e. The molecule has 0 aliphatic carbocycles. The zero-order chi connectivity index (χ0) is 23.9. The number of aromatic nitrogens is 2. The molecule has 3 aromatic carbocycles. The van der Waals surface area contributed by atoms with E-state index in [9.17, 15) is 20.0 Å². The van der Waals surface area contributed by atoms with Crippen LogP contribution in [0.3, 0.4) is 0 Å². The maximum Gasteiger partial charge on any atom is 0.342 e. The second-order valence-corrected chi connectivity index (χ2v) is 8.21. The highest BCUT2D eigenvalue weighted by Crippen LogP contribution is 2.45. The average Bonchev–Trinajstić information content (AvgIpc) is 3.41. The van der Waals surface area contributed by atoms with Crippen LogP contribution in [-0.4, -0.2) is 31.9 Å². The predicted molar refractivity (Wildman–Crippen MR) is 124 cm³/mol. The molecule has 4 aromatic rings. The number of nitro groups is 1. The van der Waals surface area contributed by atoms with E-state index in [0.29, 0.717) is 39.0 Å². The molecule has 10 heteroatoms. The molecule has 5 rings (SSSR count). The van der Waals surface area contributed by atoms with E-state index in [1.807, 2.05) is 0 Å². The molecule has 0 saturated heterocycles. The Morgan fingerprint density at radius 1 is 1.06 bits per heavy atom. The highest BCUT2D eigenvalue weighted by atomic mass is 32.1. The summed E-state index contributed by atoms with van der Waals surface area (Å²) < 4.78 is 19.2. The van der Waals surface area contributed by atoms with Gasteiger partial charge in [0.05, 0.1) is 29.3 Å². The van der Waals surface area contributed by atoms with Crippen LogP contribution in [0.4, 0.5) is 5.69 Å². The zero-order valence-electron chi connectivity index (χ0n) is 17.8. The Balaban J connectivity index is 1.66. The molecule has 1 aliphatic rings. The van der Waals surface area contributed by atoms with Crippen LogP contribution in [-0.2, 0) is 21.7 Å². The number of nitrogens with zero attached hydrogens (tertiary/aromatic N) is 3. The minimum absolute atomic E-state index is 0.0522. The lowest BCUT2D eigenvalue weighted by Crippen LogP contribution is -2.29. The number of aliphatic hydroxyl groups is 1. The van der Waals surface area contributed by atoms with Crippen LogP contribution >= 0.6 is 11.7 Å². The molecule has 9 nitrogen and oxygen atoms in total. The summed E-state index contributed by atoms with van der Waals surface area (Å²) in [6, 6.07) is 17.7. The third kappa shape index (κ3) is 3.68. The van der Waals surface area contributed by atoms with Crippen LogP contribution in [0.1, 0.15) is 16.7 Å². The first-order valence-corrected chi connectivity index (χ1v) is 10.9. The molecule has 1 unspecified atom stereocenters. The minimum atomic E-state index is -2.03. The van der Waals surface area contributed by atoms with Crippen LogP contribution in [0, 0.1) is 10.1 Å². The molecule has 1 atom stereocenters. The molecule has 0 fully saturated rings. The molecule has 2 heterocycles. The molecule has 0 radical (unpaired) electrons. The SMILES string of the molecule is COc1ccc(C2(O)OC(=O)C(c3ccc4nsnc4c3)=C2Cc2ccc([N+](=O)[O-])cc2)cc1. The molecule has 1 N–H and O–H groups in total. The molecule has 0 saturated carbocycles. The topological polar surface area (TPSA) is 125 Å². The smallest absolute Gasteiger partial charge is 0.342 e. The predicted octanol–water partition coefficient (Wildman–Crippen LogP) is 4.01. The Labute approximate surface area is 197 Å². The van der Waals surface area contributed by atoms with Gasteiger partial charge in [0.25, 0.3) is 11.5 Å². The van der Waals surface area contributed by atoms with Crippen molar-refractivity contribution < 1.29 is 24.3 Å². The molecular formula is C24H17N3O6S. The number of carbonyl (C=O) groups excluding carboxylic acids is 1. The number of nitro benzene ring substituents is 1. The molecule has 0 spiro atoms. The number of ether oxygens (including phenoxy) is 2. The van der Waals surface area contributed by atoms with Crippen LogP contribution in [0.2, 0.25) is 0 Å². The standard InChI is InChI=1S/C24H17N3O6S/c1-32-18-9-5-16(6-10-18)24(29)19(12-14-2-7-17(8-3-14)27(30)31)22(23(28)33-24)15-4-11-20-21(13-15)26-34-25-20/h2-11,13,29H,12H2,1H3. The number of hydrogen-bond acceptors (Lipinski definition) is 9. The van der Waals surface area contributed by atoms with Gasteiger partial charge in [-0.1, -0.05) is 18.2 Å². The van der Waals surface area contributed by atoms with Crippen molar-refractivity contribution in [3.8, 4) is 5.75 Å². The third-order valence-corrected chi connectivity index (χ3v) is 6.26. The van der Waals surface area contributed by atoms with Gasteiger partial charge in [-0.25, -0.2) is 4.79 Å². The van der Waals surface area contributed by atoms with Crippen molar-refractivity contribution in [3.05, 3.63) is 99.1 Å². The number of non-ortho nitro benzene ring substituents is 1. The lowest BCUT2D eigenvalue weighted by atomic mass is 9.88. The summed E-state index contributed by atoms with van der Waals surface area (Å²) in [5, 5.41) is 22.7. The van der Waals surface area contributed by atoms with Gasteiger partial charge in [-0.15, -0.1) is 0 Å². The lowest BCUT2D eigenvalue weighted by Gasteiger charge is -2.26.